The standard InChI is InChI=1S/C25H17N/c1-2-8-18(9-3-1)22-15-14-19-10-4-6-12-21(19)24(22)25-23-13-7-5-11-20(23)16-17-26-25/h1-17H. The van der Waals surface area contributed by atoms with Gasteiger partial charge in [0.1, 0.15) is 0 Å². The minimum atomic E-state index is 1.04. The fourth-order valence-electron chi connectivity index (χ4n) is 3.70. The van der Waals surface area contributed by atoms with Crippen molar-refractivity contribution in [2.45, 2.75) is 0 Å². The lowest BCUT2D eigenvalue weighted by molar-refractivity contribution is 1.36. The largest absolute Gasteiger partial charge is 0.256 e. The summed E-state index contributed by atoms with van der Waals surface area (Å²) in [5.41, 5.74) is 4.67. The summed E-state index contributed by atoms with van der Waals surface area (Å²) in [4.78, 5) is 4.81. The summed E-state index contributed by atoms with van der Waals surface area (Å²) >= 11 is 0. The van der Waals surface area contributed by atoms with E-state index in [2.05, 4.69) is 97.1 Å². The summed E-state index contributed by atoms with van der Waals surface area (Å²) in [5, 5.41) is 4.86. The lowest BCUT2D eigenvalue weighted by atomic mass is 9.90. The minimum Gasteiger partial charge on any atom is -0.256 e. The van der Waals surface area contributed by atoms with Crippen molar-refractivity contribution < 1.29 is 0 Å². The molecule has 5 aromatic rings. The Bertz CT molecular complexity index is 1220. The molecule has 0 fully saturated rings. The summed E-state index contributed by atoms with van der Waals surface area (Å²) < 4.78 is 0. The highest BCUT2D eigenvalue weighted by atomic mass is 14.7. The molecule has 0 atom stereocenters. The van der Waals surface area contributed by atoms with Crippen LogP contribution in [0.15, 0.2) is 103 Å². The molecule has 0 aliphatic carbocycles. The van der Waals surface area contributed by atoms with Crippen molar-refractivity contribution in [1.82, 2.24) is 4.98 Å². The van der Waals surface area contributed by atoms with Gasteiger partial charge < -0.3 is 0 Å². The molecular formula is C25H17N. The Balaban J connectivity index is 1.94. The van der Waals surface area contributed by atoms with Crippen molar-refractivity contribution in [3.05, 3.63) is 103 Å². The maximum atomic E-state index is 4.81. The van der Waals surface area contributed by atoms with Gasteiger partial charge in [0.25, 0.3) is 0 Å². The van der Waals surface area contributed by atoms with Gasteiger partial charge in [-0.05, 0) is 33.4 Å². The second-order valence-corrected chi connectivity index (χ2v) is 6.46. The summed E-state index contributed by atoms with van der Waals surface area (Å²) in [5.74, 6) is 0. The molecule has 0 saturated heterocycles. The molecular weight excluding hydrogens is 314 g/mol. The van der Waals surface area contributed by atoms with Crippen molar-refractivity contribution >= 4 is 21.5 Å². The molecule has 26 heavy (non-hydrogen) atoms. The number of rotatable bonds is 2. The topological polar surface area (TPSA) is 12.9 Å². The molecule has 0 N–H and O–H groups in total. The maximum absolute atomic E-state index is 4.81. The molecule has 1 heterocycles. The number of aromatic nitrogens is 1. The van der Waals surface area contributed by atoms with E-state index >= 15 is 0 Å². The Hall–Kier alpha value is -3.45. The molecule has 0 spiro atoms. The average molecular weight is 331 g/mol. The van der Waals surface area contributed by atoms with Gasteiger partial charge in [-0.2, -0.15) is 0 Å². The van der Waals surface area contributed by atoms with Crippen LogP contribution in [0, 0.1) is 0 Å². The SMILES string of the molecule is c1ccc(-c2ccc3ccccc3c2-c2nccc3ccccc23)cc1. The molecule has 0 unspecified atom stereocenters. The van der Waals surface area contributed by atoms with Gasteiger partial charge in [-0.3, -0.25) is 4.98 Å². The third-order valence-electron chi connectivity index (χ3n) is 4.92. The number of hydrogen-bond donors (Lipinski definition) is 0. The fourth-order valence-corrected chi connectivity index (χ4v) is 3.70. The van der Waals surface area contributed by atoms with E-state index in [1.165, 1.54) is 38.2 Å². The second kappa shape index (κ2) is 6.12. The Kier molecular flexibility index (Phi) is 3.50. The monoisotopic (exact) mass is 331 g/mol. The van der Waals surface area contributed by atoms with Crippen LogP contribution in [0.3, 0.4) is 0 Å². The zero-order valence-electron chi connectivity index (χ0n) is 14.3. The van der Waals surface area contributed by atoms with E-state index in [4.69, 9.17) is 4.98 Å². The second-order valence-electron chi connectivity index (χ2n) is 6.46. The summed E-state index contributed by atoms with van der Waals surface area (Å²) in [6, 6.07) is 34.1. The molecule has 4 aromatic carbocycles. The van der Waals surface area contributed by atoms with E-state index < -0.39 is 0 Å². The zero-order valence-corrected chi connectivity index (χ0v) is 14.3. The van der Waals surface area contributed by atoms with Crippen LogP contribution in [0.5, 0.6) is 0 Å². The van der Waals surface area contributed by atoms with Crippen LogP contribution < -0.4 is 0 Å². The maximum Gasteiger partial charge on any atom is 0.0792 e. The van der Waals surface area contributed by atoms with Gasteiger partial charge in [-0.25, -0.2) is 0 Å². The van der Waals surface area contributed by atoms with Crippen molar-refractivity contribution in [2.75, 3.05) is 0 Å². The van der Waals surface area contributed by atoms with E-state index in [1.54, 1.807) is 0 Å². The average Bonchev–Trinajstić information content (AvgIpc) is 2.73. The van der Waals surface area contributed by atoms with Crippen LogP contribution in [0.2, 0.25) is 0 Å². The summed E-state index contributed by atoms with van der Waals surface area (Å²) in [7, 11) is 0. The highest BCUT2D eigenvalue weighted by molar-refractivity contribution is 6.09. The molecule has 0 aliphatic heterocycles. The van der Waals surface area contributed by atoms with Crippen LogP contribution in [0.25, 0.3) is 43.9 Å². The van der Waals surface area contributed by atoms with Gasteiger partial charge in [-0.15, -0.1) is 0 Å². The first-order chi connectivity index (χ1) is 12.9. The smallest absolute Gasteiger partial charge is 0.0792 e. The Labute approximate surface area is 152 Å². The van der Waals surface area contributed by atoms with Gasteiger partial charge >= 0.3 is 0 Å². The van der Waals surface area contributed by atoms with Crippen LogP contribution in [-0.4, -0.2) is 4.98 Å². The number of benzene rings is 4. The van der Waals surface area contributed by atoms with Gasteiger partial charge in [0.05, 0.1) is 5.69 Å². The number of fused-ring (bicyclic) bond motifs is 2. The predicted octanol–water partition coefficient (Wildman–Crippen LogP) is 6.72. The first-order valence-electron chi connectivity index (χ1n) is 8.83. The molecule has 0 aliphatic rings. The third-order valence-corrected chi connectivity index (χ3v) is 4.92. The van der Waals surface area contributed by atoms with E-state index in [0.29, 0.717) is 0 Å². The Morgan fingerprint density at radius 1 is 0.500 bits per heavy atom. The molecule has 0 radical (unpaired) electrons. The predicted molar refractivity (Wildman–Crippen MR) is 110 cm³/mol. The third kappa shape index (κ3) is 2.37. The van der Waals surface area contributed by atoms with E-state index in [9.17, 15) is 0 Å². The molecule has 0 bridgehead atoms. The lowest BCUT2D eigenvalue weighted by Crippen LogP contribution is -1.92. The van der Waals surface area contributed by atoms with Gasteiger partial charge in [0, 0.05) is 17.1 Å². The highest BCUT2D eigenvalue weighted by Gasteiger charge is 2.15. The fraction of sp³-hybridized carbons (Fsp3) is 0. The quantitative estimate of drug-likeness (QED) is 0.350. The molecule has 1 heteroatoms. The normalized spacial score (nSPS) is 11.1. The van der Waals surface area contributed by atoms with Crippen LogP contribution in [0.1, 0.15) is 0 Å². The lowest BCUT2D eigenvalue weighted by Gasteiger charge is -2.15. The summed E-state index contributed by atoms with van der Waals surface area (Å²) in [6.45, 7) is 0. The molecule has 122 valence electrons. The first kappa shape index (κ1) is 14.9. The van der Waals surface area contributed by atoms with Crippen molar-refractivity contribution in [1.29, 1.82) is 0 Å². The van der Waals surface area contributed by atoms with E-state index in [1.807, 2.05) is 6.20 Å². The highest BCUT2D eigenvalue weighted by Crippen LogP contribution is 2.39. The van der Waals surface area contributed by atoms with Gasteiger partial charge in [0.15, 0.2) is 0 Å². The molecule has 1 nitrogen and oxygen atoms in total. The molecule has 0 saturated carbocycles. The van der Waals surface area contributed by atoms with Crippen LogP contribution in [-0.2, 0) is 0 Å². The molecule has 0 amide bonds. The minimum absolute atomic E-state index is 1.04. The van der Waals surface area contributed by atoms with Gasteiger partial charge in [0.2, 0.25) is 0 Å². The summed E-state index contributed by atoms with van der Waals surface area (Å²) in [6.07, 6.45) is 1.91. The Morgan fingerprint density at radius 2 is 1.15 bits per heavy atom. The van der Waals surface area contributed by atoms with Crippen LogP contribution in [0.4, 0.5) is 0 Å². The number of hydrogen-bond acceptors (Lipinski definition) is 1. The van der Waals surface area contributed by atoms with Crippen molar-refractivity contribution in [3.8, 4) is 22.4 Å². The molecule has 1 aromatic heterocycles. The van der Waals surface area contributed by atoms with E-state index in [0.717, 1.165) is 5.69 Å². The van der Waals surface area contributed by atoms with E-state index in [-0.39, 0.29) is 0 Å². The van der Waals surface area contributed by atoms with Crippen LogP contribution >= 0.6 is 0 Å². The first-order valence-corrected chi connectivity index (χ1v) is 8.83. The Morgan fingerprint density at radius 3 is 1.96 bits per heavy atom. The van der Waals surface area contributed by atoms with Crippen molar-refractivity contribution in [3.63, 3.8) is 0 Å². The van der Waals surface area contributed by atoms with Crippen molar-refractivity contribution in [2.24, 2.45) is 0 Å². The zero-order chi connectivity index (χ0) is 17.3. The molecule has 5 rings (SSSR count). The number of pyridine rings is 1. The number of nitrogens with zero attached hydrogens (tertiary/aromatic N) is 1. The van der Waals surface area contributed by atoms with Gasteiger partial charge in [-0.1, -0.05) is 91.0 Å².